The third-order valence-corrected chi connectivity index (χ3v) is 3.58. The number of carbonyl (C=O) groups is 1. The Morgan fingerprint density at radius 1 is 1.45 bits per heavy atom. The third-order valence-electron chi connectivity index (χ3n) is 3.22. The van der Waals surface area contributed by atoms with Crippen LogP contribution in [0.15, 0.2) is 18.2 Å². The summed E-state index contributed by atoms with van der Waals surface area (Å²) < 4.78 is 13.6. The van der Waals surface area contributed by atoms with Gasteiger partial charge in [-0.2, -0.15) is 0 Å². The molecule has 20 heavy (non-hydrogen) atoms. The maximum absolute atomic E-state index is 13.6. The Balaban J connectivity index is 2.51. The average molecular weight is 302 g/mol. The van der Waals surface area contributed by atoms with Gasteiger partial charge >= 0.3 is 0 Å². The van der Waals surface area contributed by atoms with Crippen molar-refractivity contribution in [1.82, 2.24) is 5.32 Å². The zero-order valence-electron chi connectivity index (χ0n) is 11.7. The minimum absolute atomic E-state index is 0.0660. The van der Waals surface area contributed by atoms with E-state index < -0.39 is 5.82 Å². The number of halogens is 2. The lowest BCUT2D eigenvalue weighted by Crippen LogP contribution is -2.31. The first-order chi connectivity index (χ1) is 9.58. The van der Waals surface area contributed by atoms with E-state index in [4.69, 9.17) is 16.7 Å². The molecule has 3 nitrogen and oxygen atoms in total. The molecule has 1 unspecified atom stereocenters. The van der Waals surface area contributed by atoms with E-state index in [0.717, 1.165) is 12.8 Å². The number of carbonyl (C=O) groups excluding carboxylic acids is 1. The molecule has 0 heterocycles. The summed E-state index contributed by atoms with van der Waals surface area (Å²) in [6.07, 6.45) is 2.54. The van der Waals surface area contributed by atoms with Crippen LogP contribution in [0.1, 0.15) is 31.7 Å². The van der Waals surface area contributed by atoms with Crippen LogP contribution >= 0.6 is 11.6 Å². The number of aliphatic hydroxyl groups is 1. The smallest absolute Gasteiger partial charge is 0.224 e. The molecule has 0 bridgehead atoms. The van der Waals surface area contributed by atoms with Gasteiger partial charge in [0.15, 0.2) is 0 Å². The summed E-state index contributed by atoms with van der Waals surface area (Å²) in [7, 11) is 0. The highest BCUT2D eigenvalue weighted by Gasteiger charge is 2.13. The maximum Gasteiger partial charge on any atom is 0.224 e. The van der Waals surface area contributed by atoms with Gasteiger partial charge in [0.1, 0.15) is 5.82 Å². The Morgan fingerprint density at radius 3 is 2.80 bits per heavy atom. The molecule has 0 saturated carbocycles. The van der Waals surface area contributed by atoms with Crippen molar-refractivity contribution in [2.24, 2.45) is 5.92 Å². The van der Waals surface area contributed by atoms with Crippen LogP contribution in [0.4, 0.5) is 4.39 Å². The summed E-state index contributed by atoms with van der Waals surface area (Å²) in [5.74, 6) is -0.464. The van der Waals surface area contributed by atoms with Crippen molar-refractivity contribution < 1.29 is 14.3 Å². The van der Waals surface area contributed by atoms with E-state index in [1.807, 2.05) is 0 Å². The van der Waals surface area contributed by atoms with E-state index in [2.05, 4.69) is 12.2 Å². The van der Waals surface area contributed by atoms with Gasteiger partial charge in [-0.1, -0.05) is 31.0 Å². The summed E-state index contributed by atoms with van der Waals surface area (Å²) >= 11 is 5.88. The van der Waals surface area contributed by atoms with Crippen molar-refractivity contribution in [3.05, 3.63) is 34.6 Å². The summed E-state index contributed by atoms with van der Waals surface area (Å²) in [6, 6.07) is 4.37. The van der Waals surface area contributed by atoms with E-state index in [1.54, 1.807) is 6.07 Å². The van der Waals surface area contributed by atoms with Crippen LogP contribution in [0.5, 0.6) is 0 Å². The summed E-state index contributed by atoms with van der Waals surface area (Å²) in [4.78, 5) is 11.8. The highest BCUT2D eigenvalue weighted by molar-refractivity contribution is 6.31. The molecule has 0 spiro atoms. The maximum atomic E-state index is 13.6. The number of rotatable bonds is 8. The lowest BCUT2D eigenvalue weighted by Gasteiger charge is -2.16. The van der Waals surface area contributed by atoms with Crippen LogP contribution in [0.25, 0.3) is 0 Å². The number of amides is 1. The number of aliphatic hydroxyl groups excluding tert-OH is 1. The summed E-state index contributed by atoms with van der Waals surface area (Å²) in [6.45, 7) is 2.67. The summed E-state index contributed by atoms with van der Waals surface area (Å²) in [5.41, 5.74) is 0.223. The Labute approximate surface area is 124 Å². The molecule has 1 atom stereocenters. The number of nitrogens with one attached hydrogen (secondary N) is 1. The molecule has 0 aliphatic heterocycles. The molecule has 0 fully saturated rings. The second-order valence-electron chi connectivity index (χ2n) is 4.85. The number of benzene rings is 1. The standard InChI is InChI=1S/C15H21ClFNO2/c1-2-4-11(7-8-19)10-18-15(20)9-12-13(16)5-3-6-14(12)17/h3,5-6,11,19H,2,4,7-10H2,1H3,(H,18,20). The Bertz CT molecular complexity index is 414. The molecule has 2 N–H and O–H groups in total. The van der Waals surface area contributed by atoms with Crippen LogP contribution in [0, 0.1) is 11.7 Å². The van der Waals surface area contributed by atoms with Crippen molar-refractivity contribution in [2.75, 3.05) is 13.2 Å². The van der Waals surface area contributed by atoms with Gasteiger partial charge in [-0.05, 0) is 30.9 Å². The molecule has 0 aliphatic carbocycles. The predicted molar refractivity (Wildman–Crippen MR) is 78.2 cm³/mol. The lowest BCUT2D eigenvalue weighted by atomic mass is 10.00. The zero-order chi connectivity index (χ0) is 15.0. The highest BCUT2D eigenvalue weighted by Crippen LogP contribution is 2.19. The lowest BCUT2D eigenvalue weighted by molar-refractivity contribution is -0.120. The van der Waals surface area contributed by atoms with E-state index in [1.165, 1.54) is 12.1 Å². The SMILES string of the molecule is CCCC(CCO)CNC(=O)Cc1c(F)cccc1Cl. The fourth-order valence-corrected chi connectivity index (χ4v) is 2.35. The van der Waals surface area contributed by atoms with Crippen LogP contribution in [0.3, 0.4) is 0 Å². The largest absolute Gasteiger partial charge is 0.396 e. The van der Waals surface area contributed by atoms with Crippen molar-refractivity contribution in [2.45, 2.75) is 32.6 Å². The molecule has 0 radical (unpaired) electrons. The van der Waals surface area contributed by atoms with Gasteiger partial charge in [0.25, 0.3) is 0 Å². The Kier molecular flexibility index (Phi) is 7.55. The molecule has 0 aliphatic rings. The van der Waals surface area contributed by atoms with Gasteiger partial charge < -0.3 is 10.4 Å². The minimum Gasteiger partial charge on any atom is -0.396 e. The number of hydrogen-bond acceptors (Lipinski definition) is 2. The van der Waals surface area contributed by atoms with E-state index in [9.17, 15) is 9.18 Å². The van der Waals surface area contributed by atoms with Crippen molar-refractivity contribution >= 4 is 17.5 Å². The predicted octanol–water partition coefficient (Wildman–Crippen LogP) is 2.94. The van der Waals surface area contributed by atoms with Crippen LogP contribution < -0.4 is 5.32 Å². The quantitative estimate of drug-likeness (QED) is 0.775. The minimum atomic E-state index is -0.465. The fraction of sp³-hybridized carbons (Fsp3) is 0.533. The second kappa shape index (κ2) is 8.93. The Hall–Kier alpha value is -1.13. The van der Waals surface area contributed by atoms with Crippen molar-refractivity contribution in [3.8, 4) is 0 Å². The zero-order valence-corrected chi connectivity index (χ0v) is 12.4. The first-order valence-corrected chi connectivity index (χ1v) is 7.26. The van der Waals surface area contributed by atoms with Crippen LogP contribution in [-0.4, -0.2) is 24.2 Å². The first kappa shape index (κ1) is 16.9. The van der Waals surface area contributed by atoms with Gasteiger partial charge in [0, 0.05) is 23.7 Å². The molecular weight excluding hydrogens is 281 g/mol. The molecule has 112 valence electrons. The molecule has 1 aromatic carbocycles. The molecule has 5 heteroatoms. The molecule has 1 rings (SSSR count). The highest BCUT2D eigenvalue weighted by atomic mass is 35.5. The van der Waals surface area contributed by atoms with Gasteiger partial charge in [-0.25, -0.2) is 4.39 Å². The normalized spacial score (nSPS) is 12.2. The molecule has 1 amide bonds. The van der Waals surface area contributed by atoms with Gasteiger partial charge in [0.2, 0.25) is 5.91 Å². The van der Waals surface area contributed by atoms with Gasteiger partial charge in [0.05, 0.1) is 6.42 Å². The molecule has 0 saturated heterocycles. The molecule has 1 aromatic rings. The van der Waals surface area contributed by atoms with E-state index in [0.29, 0.717) is 13.0 Å². The topological polar surface area (TPSA) is 49.3 Å². The monoisotopic (exact) mass is 301 g/mol. The van der Waals surface area contributed by atoms with Gasteiger partial charge in [-0.15, -0.1) is 0 Å². The van der Waals surface area contributed by atoms with Gasteiger partial charge in [-0.3, -0.25) is 4.79 Å². The number of hydrogen-bond donors (Lipinski definition) is 2. The summed E-state index contributed by atoms with van der Waals surface area (Å²) in [5, 5.41) is 12.0. The van der Waals surface area contributed by atoms with Crippen molar-refractivity contribution in [3.63, 3.8) is 0 Å². The van der Waals surface area contributed by atoms with E-state index in [-0.39, 0.29) is 35.4 Å². The average Bonchev–Trinajstić information content (AvgIpc) is 2.41. The first-order valence-electron chi connectivity index (χ1n) is 6.88. The Morgan fingerprint density at radius 2 is 2.20 bits per heavy atom. The molecule has 0 aromatic heterocycles. The second-order valence-corrected chi connectivity index (χ2v) is 5.26. The van der Waals surface area contributed by atoms with Crippen molar-refractivity contribution in [1.29, 1.82) is 0 Å². The third kappa shape index (κ3) is 5.47. The molecular formula is C15H21ClFNO2. The van der Waals surface area contributed by atoms with Crippen LogP contribution in [0.2, 0.25) is 5.02 Å². The van der Waals surface area contributed by atoms with E-state index >= 15 is 0 Å². The van der Waals surface area contributed by atoms with Crippen LogP contribution in [-0.2, 0) is 11.2 Å². The fourth-order valence-electron chi connectivity index (χ4n) is 2.12.